The number of ether oxygens (including phenoxy) is 1. The number of aromatic nitrogens is 2. The lowest BCUT2D eigenvalue weighted by atomic mass is 10.2. The molecule has 110 valence electrons. The number of benzene rings is 1. The largest absolute Gasteiger partial charge is 0.437 e. The number of hydrogen-bond acceptors (Lipinski definition) is 5. The quantitative estimate of drug-likeness (QED) is 0.465. The molecule has 0 saturated heterocycles. The predicted molar refractivity (Wildman–Crippen MR) is 79.3 cm³/mol. The molecule has 0 aliphatic rings. The third-order valence-electron chi connectivity index (χ3n) is 2.55. The lowest BCUT2D eigenvalue weighted by Crippen LogP contribution is -2.00. The van der Waals surface area contributed by atoms with Crippen LogP contribution in [0.2, 0.25) is 10.2 Å². The Morgan fingerprint density at radius 3 is 2.57 bits per heavy atom. The first-order valence-electron chi connectivity index (χ1n) is 6.03. The van der Waals surface area contributed by atoms with Gasteiger partial charge in [0, 0.05) is 18.1 Å². The zero-order valence-electron chi connectivity index (χ0n) is 11.2. The Balaban J connectivity index is 2.38. The monoisotopic (exact) mass is 327 g/mol. The molecule has 0 spiro atoms. The van der Waals surface area contributed by atoms with Crippen molar-refractivity contribution >= 4 is 28.9 Å². The molecule has 0 unspecified atom stereocenters. The molecule has 0 N–H and O–H groups in total. The van der Waals surface area contributed by atoms with Gasteiger partial charge in [-0.05, 0) is 6.07 Å². The van der Waals surface area contributed by atoms with E-state index in [1.54, 1.807) is 0 Å². The Bertz CT molecular complexity index is 692. The van der Waals surface area contributed by atoms with Gasteiger partial charge in [-0.15, -0.1) is 0 Å². The van der Waals surface area contributed by atoms with Crippen LogP contribution in [-0.4, -0.2) is 14.9 Å². The van der Waals surface area contributed by atoms with E-state index in [1.165, 1.54) is 24.3 Å². The van der Waals surface area contributed by atoms with Crippen LogP contribution in [0.5, 0.6) is 11.6 Å². The Morgan fingerprint density at radius 1 is 1.24 bits per heavy atom. The molecule has 0 radical (unpaired) electrons. The molecule has 2 aromatic rings. The second-order valence-electron chi connectivity index (χ2n) is 4.52. The van der Waals surface area contributed by atoms with Crippen molar-refractivity contribution in [1.29, 1.82) is 0 Å². The van der Waals surface area contributed by atoms with E-state index in [-0.39, 0.29) is 33.4 Å². The van der Waals surface area contributed by atoms with Crippen molar-refractivity contribution in [3.63, 3.8) is 0 Å². The van der Waals surface area contributed by atoms with Gasteiger partial charge in [0.15, 0.2) is 5.75 Å². The highest BCUT2D eigenvalue weighted by molar-refractivity contribution is 6.32. The molecule has 0 amide bonds. The first kappa shape index (κ1) is 15.5. The van der Waals surface area contributed by atoms with Crippen molar-refractivity contribution < 1.29 is 9.66 Å². The van der Waals surface area contributed by atoms with Crippen LogP contribution in [0.3, 0.4) is 0 Å². The molecule has 0 fully saturated rings. The van der Waals surface area contributed by atoms with Crippen LogP contribution in [0.1, 0.15) is 25.6 Å². The summed E-state index contributed by atoms with van der Waals surface area (Å²) in [5.74, 6) is 0.891. The van der Waals surface area contributed by atoms with Crippen molar-refractivity contribution in [3.8, 4) is 11.6 Å². The summed E-state index contributed by atoms with van der Waals surface area (Å²) in [6.07, 6.45) is 0. The lowest BCUT2D eigenvalue weighted by molar-refractivity contribution is -0.384. The number of nitro groups is 1. The maximum atomic E-state index is 10.8. The normalized spacial score (nSPS) is 10.7. The Labute approximate surface area is 130 Å². The third-order valence-corrected chi connectivity index (χ3v) is 3.05. The summed E-state index contributed by atoms with van der Waals surface area (Å²) in [5, 5.41) is 11.2. The number of nitro benzene ring substituents is 1. The van der Waals surface area contributed by atoms with Crippen LogP contribution in [0.25, 0.3) is 0 Å². The van der Waals surface area contributed by atoms with Gasteiger partial charge in [0.1, 0.15) is 11.0 Å². The topological polar surface area (TPSA) is 78.2 Å². The second-order valence-corrected chi connectivity index (χ2v) is 5.31. The molecule has 21 heavy (non-hydrogen) atoms. The number of non-ortho nitro benzene ring substituents is 1. The predicted octanol–water partition coefficient (Wildman–Crippen LogP) is 4.61. The van der Waals surface area contributed by atoms with Crippen LogP contribution < -0.4 is 4.74 Å². The van der Waals surface area contributed by atoms with Gasteiger partial charge < -0.3 is 4.74 Å². The number of hydrogen-bond donors (Lipinski definition) is 0. The van der Waals surface area contributed by atoms with E-state index in [4.69, 9.17) is 27.9 Å². The van der Waals surface area contributed by atoms with Gasteiger partial charge in [-0.1, -0.05) is 37.0 Å². The average molecular weight is 328 g/mol. The van der Waals surface area contributed by atoms with Crippen LogP contribution in [0, 0.1) is 10.1 Å². The highest BCUT2D eigenvalue weighted by Crippen LogP contribution is 2.32. The fraction of sp³-hybridized carbons (Fsp3) is 0.231. The summed E-state index contributed by atoms with van der Waals surface area (Å²) >= 11 is 11.9. The van der Waals surface area contributed by atoms with Crippen molar-refractivity contribution in [2.24, 2.45) is 0 Å². The molecule has 0 aliphatic heterocycles. The molecular formula is C13H11Cl2N3O3. The molecule has 1 aromatic carbocycles. The molecule has 6 nitrogen and oxygen atoms in total. The van der Waals surface area contributed by atoms with Crippen molar-refractivity contribution in [2.75, 3.05) is 0 Å². The van der Waals surface area contributed by atoms with Crippen LogP contribution >= 0.6 is 23.2 Å². The third kappa shape index (κ3) is 3.80. The number of rotatable bonds is 4. The zero-order valence-corrected chi connectivity index (χ0v) is 12.7. The highest BCUT2D eigenvalue weighted by atomic mass is 35.5. The van der Waals surface area contributed by atoms with Gasteiger partial charge in [0.2, 0.25) is 5.88 Å². The Kier molecular flexibility index (Phi) is 4.59. The first-order valence-corrected chi connectivity index (χ1v) is 6.78. The summed E-state index contributed by atoms with van der Waals surface area (Å²) in [6, 6.07) is 5.33. The zero-order chi connectivity index (χ0) is 15.6. The number of halogens is 2. The van der Waals surface area contributed by atoms with Crippen molar-refractivity contribution in [3.05, 3.63) is 50.4 Å². The maximum absolute atomic E-state index is 10.8. The smallest absolute Gasteiger partial charge is 0.273 e. The van der Waals surface area contributed by atoms with E-state index in [2.05, 4.69) is 9.97 Å². The van der Waals surface area contributed by atoms with E-state index in [0.717, 1.165) is 0 Å². The molecular weight excluding hydrogens is 317 g/mol. The minimum Gasteiger partial charge on any atom is -0.437 e. The van der Waals surface area contributed by atoms with E-state index in [9.17, 15) is 10.1 Å². The fourth-order valence-corrected chi connectivity index (χ4v) is 1.86. The van der Waals surface area contributed by atoms with Gasteiger partial charge in [0.05, 0.1) is 16.0 Å². The van der Waals surface area contributed by atoms with Gasteiger partial charge in [-0.25, -0.2) is 4.98 Å². The minimum absolute atomic E-state index is 0.0617. The van der Waals surface area contributed by atoms with Crippen molar-refractivity contribution in [2.45, 2.75) is 19.8 Å². The fourth-order valence-electron chi connectivity index (χ4n) is 1.52. The maximum Gasteiger partial charge on any atom is 0.273 e. The average Bonchev–Trinajstić information content (AvgIpc) is 2.40. The SMILES string of the molecule is CC(C)c1nc(Cl)cc(Oc2cc([N+](=O)[O-])ccc2Cl)n1. The number of nitrogens with zero attached hydrogens (tertiary/aromatic N) is 3. The summed E-state index contributed by atoms with van der Waals surface area (Å²) < 4.78 is 5.50. The highest BCUT2D eigenvalue weighted by Gasteiger charge is 2.14. The standard InChI is InChI=1S/C13H11Cl2N3O3/c1-7(2)13-16-11(15)6-12(17-13)21-10-5-8(18(19)20)3-4-9(10)14/h3-7H,1-2H3. The molecule has 1 heterocycles. The van der Waals surface area contributed by atoms with E-state index in [1.807, 2.05) is 13.8 Å². The molecule has 8 heteroatoms. The summed E-state index contributed by atoms with van der Waals surface area (Å²) in [7, 11) is 0. The summed E-state index contributed by atoms with van der Waals surface area (Å²) in [5.41, 5.74) is -0.126. The Morgan fingerprint density at radius 2 is 1.95 bits per heavy atom. The molecule has 1 aromatic heterocycles. The van der Waals surface area contributed by atoms with E-state index in [0.29, 0.717) is 5.82 Å². The summed E-state index contributed by atoms with van der Waals surface area (Å²) in [4.78, 5) is 18.5. The first-order chi connectivity index (χ1) is 9.86. The van der Waals surface area contributed by atoms with Gasteiger partial charge in [0.25, 0.3) is 5.69 Å². The van der Waals surface area contributed by atoms with Gasteiger partial charge >= 0.3 is 0 Å². The van der Waals surface area contributed by atoms with Crippen LogP contribution in [-0.2, 0) is 0 Å². The second kappa shape index (κ2) is 6.24. The van der Waals surface area contributed by atoms with Gasteiger partial charge in [-0.3, -0.25) is 10.1 Å². The van der Waals surface area contributed by atoms with E-state index < -0.39 is 4.92 Å². The lowest BCUT2D eigenvalue weighted by Gasteiger charge is -2.09. The minimum atomic E-state index is -0.532. The molecule has 2 rings (SSSR count). The molecule has 0 bridgehead atoms. The Hall–Kier alpha value is -1.92. The van der Waals surface area contributed by atoms with E-state index >= 15 is 0 Å². The molecule has 0 atom stereocenters. The van der Waals surface area contributed by atoms with Crippen LogP contribution in [0.4, 0.5) is 5.69 Å². The van der Waals surface area contributed by atoms with Crippen molar-refractivity contribution in [1.82, 2.24) is 9.97 Å². The summed E-state index contributed by atoms with van der Waals surface area (Å²) in [6.45, 7) is 3.82. The molecule has 0 saturated carbocycles. The van der Waals surface area contributed by atoms with Gasteiger partial charge in [-0.2, -0.15) is 4.98 Å². The van der Waals surface area contributed by atoms with Crippen LogP contribution in [0.15, 0.2) is 24.3 Å². The molecule has 0 aliphatic carbocycles.